The van der Waals surface area contributed by atoms with Crippen LogP contribution in [0, 0.1) is 5.41 Å². The van der Waals surface area contributed by atoms with Gasteiger partial charge in [0, 0.05) is 6.42 Å². The summed E-state index contributed by atoms with van der Waals surface area (Å²) in [6, 6.07) is 0. The molecule has 0 radical (unpaired) electrons. The second-order valence-corrected chi connectivity index (χ2v) is 5.48. The number of esters is 1. The van der Waals surface area contributed by atoms with Crippen molar-refractivity contribution in [2.45, 2.75) is 65.7 Å². The van der Waals surface area contributed by atoms with Crippen molar-refractivity contribution < 1.29 is 9.53 Å². The van der Waals surface area contributed by atoms with Crippen molar-refractivity contribution in [3.8, 4) is 0 Å². The lowest BCUT2D eigenvalue weighted by atomic mass is 9.89. The van der Waals surface area contributed by atoms with Gasteiger partial charge < -0.3 is 4.74 Å². The van der Waals surface area contributed by atoms with Crippen LogP contribution in [0.15, 0.2) is 12.8 Å². The van der Waals surface area contributed by atoms with Gasteiger partial charge in [0.25, 0.3) is 0 Å². The smallest absolute Gasteiger partial charge is 0.310 e. The van der Waals surface area contributed by atoms with Crippen LogP contribution in [0.25, 0.3) is 0 Å². The average molecular weight is 226 g/mol. The average Bonchev–Trinajstić information content (AvgIpc) is 2.15. The van der Waals surface area contributed by atoms with E-state index in [1.807, 2.05) is 0 Å². The summed E-state index contributed by atoms with van der Waals surface area (Å²) in [6.45, 7) is 10.2. The Hall–Kier alpha value is -0.790. The summed E-state index contributed by atoms with van der Waals surface area (Å²) in [5.41, 5.74) is 0.452. The highest BCUT2D eigenvalue weighted by Crippen LogP contribution is 2.22. The lowest BCUT2D eigenvalue weighted by molar-refractivity contribution is -0.138. The number of rotatable bonds is 8. The van der Waals surface area contributed by atoms with Gasteiger partial charge >= 0.3 is 5.97 Å². The molecule has 0 atom stereocenters. The molecule has 0 heterocycles. The molecule has 0 aromatic heterocycles. The van der Waals surface area contributed by atoms with Gasteiger partial charge in [0.2, 0.25) is 0 Å². The van der Waals surface area contributed by atoms with Crippen molar-refractivity contribution in [1.82, 2.24) is 0 Å². The predicted octanol–water partition coefficient (Wildman–Crippen LogP) is 4.45. The first-order valence-corrected chi connectivity index (χ1v) is 6.26. The standard InChI is InChI=1S/C14H26O2/c1-5-16-13(15)11-9-7-6-8-10-12-14(2,3)4/h5H,1,6-12H2,2-4H3. The predicted molar refractivity (Wildman–Crippen MR) is 68.1 cm³/mol. The third kappa shape index (κ3) is 11.3. The lowest BCUT2D eigenvalue weighted by Crippen LogP contribution is -2.04. The zero-order chi connectivity index (χ0) is 12.4. The molecule has 0 unspecified atom stereocenters. The Bertz CT molecular complexity index is 201. The molecule has 0 saturated carbocycles. The van der Waals surface area contributed by atoms with Crippen LogP contribution in [-0.2, 0) is 9.53 Å². The topological polar surface area (TPSA) is 26.3 Å². The molecular formula is C14H26O2. The van der Waals surface area contributed by atoms with Crippen LogP contribution >= 0.6 is 0 Å². The largest absolute Gasteiger partial charge is 0.435 e. The summed E-state index contributed by atoms with van der Waals surface area (Å²) in [5, 5.41) is 0. The molecule has 94 valence electrons. The summed E-state index contributed by atoms with van der Waals surface area (Å²) in [6.07, 6.45) is 8.84. The van der Waals surface area contributed by atoms with E-state index >= 15 is 0 Å². The summed E-state index contributed by atoms with van der Waals surface area (Å²) in [7, 11) is 0. The summed E-state index contributed by atoms with van der Waals surface area (Å²) in [4.78, 5) is 11.0. The molecule has 0 bridgehead atoms. The van der Waals surface area contributed by atoms with Crippen LogP contribution < -0.4 is 0 Å². The Morgan fingerprint density at radius 3 is 2.25 bits per heavy atom. The molecule has 0 aliphatic heterocycles. The number of hydrogen-bond acceptors (Lipinski definition) is 2. The first-order chi connectivity index (χ1) is 7.45. The SMILES string of the molecule is C=COC(=O)CCCCCCCC(C)(C)C. The van der Waals surface area contributed by atoms with E-state index < -0.39 is 0 Å². The normalized spacial score (nSPS) is 11.2. The van der Waals surface area contributed by atoms with Gasteiger partial charge in [-0.05, 0) is 18.3 Å². The molecule has 0 fully saturated rings. The van der Waals surface area contributed by atoms with E-state index in [0.717, 1.165) is 12.8 Å². The summed E-state index contributed by atoms with van der Waals surface area (Å²) in [5.74, 6) is -0.162. The third-order valence-corrected chi connectivity index (χ3v) is 2.52. The monoisotopic (exact) mass is 226 g/mol. The minimum atomic E-state index is -0.162. The van der Waals surface area contributed by atoms with Crippen LogP contribution in [0.5, 0.6) is 0 Å². The Morgan fingerprint density at radius 1 is 1.12 bits per heavy atom. The van der Waals surface area contributed by atoms with Gasteiger partial charge in [-0.15, -0.1) is 0 Å². The van der Waals surface area contributed by atoms with Crippen molar-refractivity contribution in [3.05, 3.63) is 12.8 Å². The maximum absolute atomic E-state index is 11.0. The van der Waals surface area contributed by atoms with Crippen molar-refractivity contribution in [3.63, 3.8) is 0 Å². The van der Waals surface area contributed by atoms with E-state index in [1.54, 1.807) is 0 Å². The van der Waals surface area contributed by atoms with E-state index in [4.69, 9.17) is 0 Å². The quantitative estimate of drug-likeness (QED) is 0.347. The maximum atomic E-state index is 11.0. The van der Waals surface area contributed by atoms with Gasteiger partial charge in [0.05, 0.1) is 6.26 Å². The molecular weight excluding hydrogens is 200 g/mol. The fraction of sp³-hybridized carbons (Fsp3) is 0.786. The molecule has 0 aromatic carbocycles. The Morgan fingerprint density at radius 2 is 1.69 bits per heavy atom. The second kappa shape index (κ2) is 8.37. The van der Waals surface area contributed by atoms with E-state index in [-0.39, 0.29) is 5.97 Å². The highest BCUT2D eigenvalue weighted by molar-refractivity contribution is 5.69. The molecule has 0 rings (SSSR count). The number of carbonyl (C=O) groups is 1. The molecule has 0 spiro atoms. The summed E-state index contributed by atoms with van der Waals surface area (Å²) < 4.78 is 4.64. The van der Waals surface area contributed by atoms with Crippen LogP contribution in [0.1, 0.15) is 65.7 Å². The lowest BCUT2D eigenvalue weighted by Gasteiger charge is -2.17. The fourth-order valence-electron chi connectivity index (χ4n) is 1.61. The van der Waals surface area contributed by atoms with E-state index in [0.29, 0.717) is 11.8 Å². The zero-order valence-corrected chi connectivity index (χ0v) is 11.1. The molecule has 0 aromatic rings. The van der Waals surface area contributed by atoms with Crippen molar-refractivity contribution >= 4 is 5.97 Å². The molecule has 0 saturated heterocycles. The highest BCUT2D eigenvalue weighted by Gasteiger charge is 2.08. The number of unbranched alkanes of at least 4 members (excludes halogenated alkanes) is 4. The van der Waals surface area contributed by atoms with E-state index in [1.165, 1.54) is 31.9 Å². The van der Waals surface area contributed by atoms with Gasteiger partial charge in [0.1, 0.15) is 0 Å². The van der Waals surface area contributed by atoms with Gasteiger partial charge in [-0.3, -0.25) is 4.79 Å². The minimum Gasteiger partial charge on any atom is -0.435 e. The number of carbonyl (C=O) groups excluding carboxylic acids is 1. The molecule has 0 aliphatic carbocycles. The van der Waals surface area contributed by atoms with Crippen molar-refractivity contribution in [2.75, 3.05) is 0 Å². The highest BCUT2D eigenvalue weighted by atomic mass is 16.5. The van der Waals surface area contributed by atoms with Crippen molar-refractivity contribution in [2.24, 2.45) is 5.41 Å². The Kier molecular flexibility index (Phi) is 7.96. The molecule has 2 nitrogen and oxygen atoms in total. The second-order valence-electron chi connectivity index (χ2n) is 5.48. The first-order valence-electron chi connectivity index (χ1n) is 6.26. The first kappa shape index (κ1) is 15.2. The maximum Gasteiger partial charge on any atom is 0.310 e. The molecule has 0 N–H and O–H groups in total. The fourth-order valence-corrected chi connectivity index (χ4v) is 1.61. The van der Waals surface area contributed by atoms with Gasteiger partial charge in [0.15, 0.2) is 0 Å². The van der Waals surface area contributed by atoms with E-state index in [2.05, 4.69) is 32.1 Å². The summed E-state index contributed by atoms with van der Waals surface area (Å²) >= 11 is 0. The number of ether oxygens (including phenoxy) is 1. The van der Waals surface area contributed by atoms with Gasteiger partial charge in [-0.25, -0.2) is 0 Å². The zero-order valence-electron chi connectivity index (χ0n) is 11.1. The molecule has 0 amide bonds. The Balaban J connectivity index is 3.22. The van der Waals surface area contributed by atoms with Crippen LogP contribution in [0.2, 0.25) is 0 Å². The third-order valence-electron chi connectivity index (χ3n) is 2.52. The van der Waals surface area contributed by atoms with E-state index in [9.17, 15) is 4.79 Å². The van der Waals surface area contributed by atoms with Gasteiger partial charge in [-0.2, -0.15) is 0 Å². The molecule has 0 aliphatic rings. The molecule has 16 heavy (non-hydrogen) atoms. The van der Waals surface area contributed by atoms with Crippen LogP contribution in [0.3, 0.4) is 0 Å². The minimum absolute atomic E-state index is 0.162. The van der Waals surface area contributed by atoms with Crippen LogP contribution in [-0.4, -0.2) is 5.97 Å². The van der Waals surface area contributed by atoms with Crippen molar-refractivity contribution in [1.29, 1.82) is 0 Å². The number of hydrogen-bond donors (Lipinski definition) is 0. The van der Waals surface area contributed by atoms with Crippen LogP contribution in [0.4, 0.5) is 0 Å². The Labute approximate surface area is 100 Å². The van der Waals surface area contributed by atoms with Gasteiger partial charge in [-0.1, -0.05) is 53.0 Å². The molecule has 2 heteroatoms.